The molecule has 0 aromatic rings. The van der Waals surface area contributed by atoms with Crippen LogP contribution in [0.25, 0.3) is 0 Å². The molecular weight excluding hydrogens is 212 g/mol. The zero-order valence-electron chi connectivity index (χ0n) is 10.3. The Morgan fingerprint density at radius 2 is 1.64 bits per heavy atom. The normalized spacial score (nSPS) is 13.3. The molecule has 0 rings (SSSR count). The van der Waals surface area contributed by atoms with E-state index in [9.17, 15) is 0 Å². The molecule has 1 nitrogen and oxygen atoms in total. The third kappa shape index (κ3) is 5.37. The van der Waals surface area contributed by atoms with Gasteiger partial charge in [0.15, 0.2) is 8.32 Å². The summed E-state index contributed by atoms with van der Waals surface area (Å²) >= 11 is 5.61. The van der Waals surface area contributed by atoms with E-state index in [1.165, 1.54) is 6.42 Å². The molecule has 14 heavy (non-hydrogen) atoms. The monoisotopic (exact) mass is 236 g/mol. The van der Waals surface area contributed by atoms with Gasteiger partial charge in [-0.1, -0.05) is 27.2 Å². The lowest BCUT2D eigenvalue weighted by atomic mass is 10.2. The lowest BCUT2D eigenvalue weighted by Crippen LogP contribution is -2.40. The Labute approximate surface area is 95.3 Å². The fourth-order valence-electron chi connectivity index (χ4n) is 0.917. The number of alkyl halides is 1. The molecule has 0 unspecified atom stereocenters. The summed E-state index contributed by atoms with van der Waals surface area (Å²) in [6, 6.07) is 0. The van der Waals surface area contributed by atoms with Gasteiger partial charge in [0.05, 0.1) is 0 Å². The van der Waals surface area contributed by atoms with Crippen LogP contribution in [0.2, 0.25) is 18.1 Å². The van der Waals surface area contributed by atoms with Gasteiger partial charge in [0.1, 0.15) is 0 Å². The quantitative estimate of drug-likeness (QED) is 0.377. The van der Waals surface area contributed by atoms with Gasteiger partial charge in [0.25, 0.3) is 0 Å². The molecule has 0 atom stereocenters. The first-order valence-corrected chi connectivity index (χ1v) is 8.95. The minimum absolute atomic E-state index is 0.333. The van der Waals surface area contributed by atoms with Gasteiger partial charge in [0.2, 0.25) is 0 Å². The van der Waals surface area contributed by atoms with E-state index in [2.05, 4.69) is 33.9 Å². The molecule has 86 valence electrons. The number of unbranched alkanes of at least 4 members (excludes halogenated alkanes) is 2. The van der Waals surface area contributed by atoms with Gasteiger partial charge in [-0.05, 0) is 31.0 Å². The number of rotatable bonds is 6. The first-order chi connectivity index (χ1) is 6.31. The Morgan fingerprint density at radius 3 is 2.07 bits per heavy atom. The van der Waals surface area contributed by atoms with Crippen LogP contribution in [0.15, 0.2) is 0 Å². The Kier molecular flexibility index (Phi) is 6.34. The summed E-state index contributed by atoms with van der Waals surface area (Å²) in [6.07, 6.45) is 3.46. The van der Waals surface area contributed by atoms with Crippen molar-refractivity contribution in [3.8, 4) is 0 Å². The Balaban J connectivity index is 3.67. The fraction of sp³-hybridized carbons (Fsp3) is 1.00. The fourth-order valence-corrected chi connectivity index (χ4v) is 2.19. The van der Waals surface area contributed by atoms with Crippen LogP contribution in [0, 0.1) is 0 Å². The average molecular weight is 237 g/mol. The first-order valence-electron chi connectivity index (χ1n) is 5.51. The second-order valence-electron chi connectivity index (χ2n) is 5.36. The highest BCUT2D eigenvalue weighted by atomic mass is 35.5. The molecule has 0 aromatic heterocycles. The maximum absolute atomic E-state index is 6.04. The molecule has 0 amide bonds. The molecule has 0 aliphatic carbocycles. The summed E-state index contributed by atoms with van der Waals surface area (Å²) in [5, 5.41) is 0.333. The van der Waals surface area contributed by atoms with Crippen molar-refractivity contribution in [2.45, 2.75) is 58.2 Å². The first kappa shape index (κ1) is 14.5. The average Bonchev–Trinajstić information content (AvgIpc) is 2.02. The van der Waals surface area contributed by atoms with Crippen LogP contribution in [0.5, 0.6) is 0 Å². The van der Waals surface area contributed by atoms with Gasteiger partial charge >= 0.3 is 0 Å². The van der Waals surface area contributed by atoms with Gasteiger partial charge < -0.3 is 4.43 Å². The number of halogens is 1. The minimum atomic E-state index is -1.50. The summed E-state index contributed by atoms with van der Waals surface area (Å²) < 4.78 is 6.04. The Hall–Kier alpha value is 0.467. The summed E-state index contributed by atoms with van der Waals surface area (Å²) in [4.78, 5) is 0. The molecule has 0 aliphatic heterocycles. The van der Waals surface area contributed by atoms with E-state index >= 15 is 0 Å². The molecule has 0 heterocycles. The summed E-state index contributed by atoms with van der Waals surface area (Å²) in [7, 11) is -1.50. The zero-order valence-corrected chi connectivity index (χ0v) is 12.1. The van der Waals surface area contributed by atoms with Crippen molar-refractivity contribution < 1.29 is 4.43 Å². The summed E-state index contributed by atoms with van der Waals surface area (Å²) in [6.45, 7) is 12.3. The van der Waals surface area contributed by atoms with Crippen LogP contribution in [0.4, 0.5) is 0 Å². The predicted molar refractivity (Wildman–Crippen MR) is 67.7 cm³/mol. The van der Waals surface area contributed by atoms with Crippen LogP contribution in [0.1, 0.15) is 40.0 Å². The molecule has 0 saturated carbocycles. The summed E-state index contributed by atoms with van der Waals surface area (Å²) in [5.41, 5.74) is 0. The lowest BCUT2D eigenvalue weighted by Gasteiger charge is -2.36. The van der Waals surface area contributed by atoms with Crippen LogP contribution < -0.4 is 0 Å². The molecule has 3 heteroatoms. The van der Waals surface area contributed by atoms with Gasteiger partial charge in [-0.25, -0.2) is 0 Å². The number of hydrogen-bond acceptors (Lipinski definition) is 1. The second kappa shape index (κ2) is 6.14. The van der Waals surface area contributed by atoms with E-state index in [4.69, 9.17) is 16.0 Å². The molecular formula is C11H25ClOSi. The van der Waals surface area contributed by atoms with E-state index in [0.717, 1.165) is 25.3 Å². The lowest BCUT2D eigenvalue weighted by molar-refractivity contribution is 0.279. The SMILES string of the molecule is CC(C)(C)[Si](C)(C)OCCCCCCl. The topological polar surface area (TPSA) is 9.23 Å². The Morgan fingerprint density at radius 1 is 1.07 bits per heavy atom. The molecule has 0 bridgehead atoms. The maximum atomic E-state index is 6.04. The molecule has 0 N–H and O–H groups in total. The molecule has 0 aliphatic rings. The van der Waals surface area contributed by atoms with E-state index in [0.29, 0.717) is 5.04 Å². The minimum Gasteiger partial charge on any atom is -0.417 e. The highest BCUT2D eigenvalue weighted by Crippen LogP contribution is 2.36. The van der Waals surface area contributed by atoms with Gasteiger partial charge in [-0.15, -0.1) is 11.6 Å². The Bertz CT molecular complexity index is 152. The smallest absolute Gasteiger partial charge is 0.191 e. The third-order valence-electron chi connectivity index (χ3n) is 3.05. The van der Waals surface area contributed by atoms with Crippen LogP contribution in [0.3, 0.4) is 0 Å². The largest absolute Gasteiger partial charge is 0.417 e. The van der Waals surface area contributed by atoms with Gasteiger partial charge in [-0.3, -0.25) is 0 Å². The van der Waals surface area contributed by atoms with Crippen molar-refractivity contribution in [2.24, 2.45) is 0 Å². The molecule has 0 fully saturated rings. The zero-order chi connectivity index (χ0) is 11.2. The van der Waals surface area contributed by atoms with Gasteiger partial charge in [0, 0.05) is 12.5 Å². The second-order valence-corrected chi connectivity index (χ2v) is 10.5. The predicted octanol–water partition coefficient (Wildman–Crippen LogP) is 4.42. The highest BCUT2D eigenvalue weighted by Gasteiger charge is 2.36. The summed E-state index contributed by atoms with van der Waals surface area (Å²) in [5.74, 6) is 0.778. The van der Waals surface area contributed by atoms with Crippen molar-refractivity contribution in [3.63, 3.8) is 0 Å². The van der Waals surface area contributed by atoms with Crippen molar-refractivity contribution in [1.29, 1.82) is 0 Å². The molecule has 0 aromatic carbocycles. The van der Waals surface area contributed by atoms with Crippen LogP contribution in [-0.4, -0.2) is 20.8 Å². The maximum Gasteiger partial charge on any atom is 0.191 e. The molecule has 0 spiro atoms. The van der Waals surface area contributed by atoms with Crippen LogP contribution >= 0.6 is 11.6 Å². The number of hydrogen-bond donors (Lipinski definition) is 0. The van der Waals surface area contributed by atoms with Crippen molar-refractivity contribution in [3.05, 3.63) is 0 Å². The van der Waals surface area contributed by atoms with E-state index in [-0.39, 0.29) is 0 Å². The molecule has 0 radical (unpaired) electrons. The van der Waals surface area contributed by atoms with E-state index < -0.39 is 8.32 Å². The van der Waals surface area contributed by atoms with Crippen molar-refractivity contribution in [2.75, 3.05) is 12.5 Å². The van der Waals surface area contributed by atoms with Crippen molar-refractivity contribution >= 4 is 19.9 Å². The van der Waals surface area contributed by atoms with Gasteiger partial charge in [-0.2, -0.15) is 0 Å². The van der Waals surface area contributed by atoms with Crippen molar-refractivity contribution in [1.82, 2.24) is 0 Å². The molecule has 0 saturated heterocycles. The van der Waals surface area contributed by atoms with Crippen LogP contribution in [-0.2, 0) is 4.43 Å². The standard InChI is InChI=1S/C11H25ClOSi/c1-11(2,3)14(4,5)13-10-8-6-7-9-12/h6-10H2,1-5H3. The van der Waals surface area contributed by atoms with E-state index in [1.54, 1.807) is 0 Å². The third-order valence-corrected chi connectivity index (χ3v) is 7.85. The van der Waals surface area contributed by atoms with E-state index in [1.807, 2.05) is 0 Å². The highest BCUT2D eigenvalue weighted by molar-refractivity contribution is 6.74.